The lowest BCUT2D eigenvalue weighted by molar-refractivity contribution is -0.117. The molecular weight excluding hydrogens is 318 g/mol. The van der Waals surface area contributed by atoms with Crippen LogP contribution in [0.25, 0.3) is 16.8 Å². The number of rotatable bonds is 4. The Morgan fingerprint density at radius 3 is 2.54 bits per heavy atom. The van der Waals surface area contributed by atoms with E-state index in [1.54, 1.807) is 12.1 Å². The topological polar surface area (TPSA) is 29.1 Å². The molecule has 0 bridgehead atoms. The van der Waals surface area contributed by atoms with Gasteiger partial charge in [0.25, 0.3) is 0 Å². The third-order valence-corrected chi connectivity index (χ3v) is 4.31. The summed E-state index contributed by atoms with van der Waals surface area (Å²) in [5, 5.41) is 5.96. The van der Waals surface area contributed by atoms with Crippen molar-refractivity contribution in [3.63, 3.8) is 0 Å². The maximum atomic E-state index is 12.2. The second-order valence-electron chi connectivity index (χ2n) is 5.65. The van der Waals surface area contributed by atoms with Crippen LogP contribution in [0.4, 0.5) is 0 Å². The summed E-state index contributed by atoms with van der Waals surface area (Å²) in [4.78, 5) is 12.2. The average Bonchev–Trinajstić information content (AvgIpc) is 2.60. The van der Waals surface area contributed by atoms with E-state index >= 15 is 0 Å². The highest BCUT2D eigenvalue weighted by Gasteiger charge is 2.10. The van der Waals surface area contributed by atoms with E-state index in [1.165, 1.54) is 11.5 Å². The summed E-state index contributed by atoms with van der Waals surface area (Å²) in [6, 6.07) is 21.7. The fourth-order valence-electron chi connectivity index (χ4n) is 2.74. The second-order valence-corrected chi connectivity index (χ2v) is 6.06. The highest BCUT2D eigenvalue weighted by molar-refractivity contribution is 6.32. The van der Waals surface area contributed by atoms with Crippen molar-refractivity contribution in [1.82, 2.24) is 5.32 Å². The summed E-state index contributed by atoms with van der Waals surface area (Å²) in [6.07, 6.45) is 3.25. The van der Waals surface area contributed by atoms with Crippen LogP contribution in [0.15, 0.2) is 72.8 Å². The number of hydrogen-bond donors (Lipinski definition) is 1. The fourth-order valence-corrected chi connectivity index (χ4v) is 2.94. The summed E-state index contributed by atoms with van der Waals surface area (Å²) in [5.74, 6) is -0.143. The number of benzene rings is 3. The van der Waals surface area contributed by atoms with Gasteiger partial charge in [-0.1, -0.05) is 72.3 Å². The largest absolute Gasteiger partial charge is 0.346 e. The minimum atomic E-state index is -0.143. The lowest BCUT2D eigenvalue weighted by atomic mass is 10.00. The Labute approximate surface area is 146 Å². The molecule has 3 aromatic rings. The Morgan fingerprint density at radius 1 is 1.00 bits per heavy atom. The Kier molecular flexibility index (Phi) is 4.97. The lowest BCUT2D eigenvalue weighted by Gasteiger charge is -2.15. The van der Waals surface area contributed by atoms with Gasteiger partial charge in [-0.15, -0.1) is 0 Å². The molecule has 0 aromatic heterocycles. The summed E-state index contributed by atoms with van der Waals surface area (Å²) in [6.45, 7) is 1.99. The molecule has 3 aromatic carbocycles. The number of nitrogens with one attached hydrogen (secondary N) is 1. The Morgan fingerprint density at radius 2 is 1.71 bits per heavy atom. The molecule has 2 nitrogen and oxygen atoms in total. The highest BCUT2D eigenvalue weighted by atomic mass is 35.5. The number of halogens is 1. The van der Waals surface area contributed by atoms with E-state index in [0.29, 0.717) is 5.02 Å². The Bertz CT molecular complexity index is 896. The quantitative estimate of drug-likeness (QED) is 0.637. The van der Waals surface area contributed by atoms with Crippen LogP contribution in [0, 0.1) is 0 Å². The van der Waals surface area contributed by atoms with Crippen molar-refractivity contribution < 1.29 is 4.79 Å². The van der Waals surface area contributed by atoms with E-state index in [9.17, 15) is 4.79 Å². The van der Waals surface area contributed by atoms with Crippen molar-refractivity contribution in [3.8, 4) is 0 Å². The van der Waals surface area contributed by atoms with Gasteiger partial charge in [-0.25, -0.2) is 0 Å². The van der Waals surface area contributed by atoms with Crippen molar-refractivity contribution in [2.45, 2.75) is 13.0 Å². The van der Waals surface area contributed by atoms with Crippen LogP contribution in [0.5, 0.6) is 0 Å². The number of amides is 1. The van der Waals surface area contributed by atoms with E-state index in [-0.39, 0.29) is 11.9 Å². The van der Waals surface area contributed by atoms with Crippen LogP contribution >= 0.6 is 11.6 Å². The SMILES string of the molecule is C[C@@H](NC(=O)/C=C/c1ccccc1Cl)c1cccc2ccccc12. The molecule has 3 heteroatoms. The standard InChI is InChI=1S/C21H18ClNO/c1-15(18-11-6-9-16-7-2-4-10-19(16)18)23-21(24)14-13-17-8-3-5-12-20(17)22/h2-15H,1H3,(H,23,24)/b14-13+/t15-/m1/s1. The number of carbonyl (C=O) groups excluding carboxylic acids is 1. The zero-order chi connectivity index (χ0) is 16.9. The van der Waals surface area contributed by atoms with Crippen LogP contribution in [0.2, 0.25) is 5.02 Å². The Hall–Kier alpha value is -2.58. The number of fused-ring (bicyclic) bond motifs is 1. The molecule has 120 valence electrons. The second kappa shape index (κ2) is 7.33. The molecule has 0 aliphatic rings. The minimum Gasteiger partial charge on any atom is -0.346 e. The first-order valence-corrected chi connectivity index (χ1v) is 8.24. The van der Waals surface area contributed by atoms with E-state index < -0.39 is 0 Å². The van der Waals surface area contributed by atoms with Gasteiger partial charge in [0.15, 0.2) is 0 Å². The molecule has 0 saturated heterocycles. The van der Waals surface area contributed by atoms with E-state index in [2.05, 4.69) is 23.5 Å². The first kappa shape index (κ1) is 16.3. The third-order valence-electron chi connectivity index (χ3n) is 3.97. The molecule has 0 saturated carbocycles. The molecule has 0 unspecified atom stereocenters. The van der Waals surface area contributed by atoms with Gasteiger partial charge in [0.1, 0.15) is 0 Å². The molecule has 1 N–H and O–H groups in total. The minimum absolute atomic E-state index is 0.0838. The lowest BCUT2D eigenvalue weighted by Crippen LogP contribution is -2.24. The number of hydrogen-bond acceptors (Lipinski definition) is 1. The zero-order valence-electron chi connectivity index (χ0n) is 13.4. The summed E-state index contributed by atoms with van der Waals surface area (Å²) in [7, 11) is 0. The molecule has 1 atom stereocenters. The van der Waals surface area contributed by atoms with Crippen molar-refractivity contribution in [2.24, 2.45) is 0 Å². The van der Waals surface area contributed by atoms with E-state index in [1.807, 2.05) is 49.4 Å². The molecule has 0 fully saturated rings. The van der Waals surface area contributed by atoms with Gasteiger partial charge in [-0.05, 0) is 41.0 Å². The van der Waals surface area contributed by atoms with Crippen molar-refractivity contribution in [2.75, 3.05) is 0 Å². The normalized spacial score (nSPS) is 12.4. The monoisotopic (exact) mass is 335 g/mol. The molecule has 0 radical (unpaired) electrons. The smallest absolute Gasteiger partial charge is 0.244 e. The molecule has 1 amide bonds. The molecule has 0 aliphatic carbocycles. The molecule has 0 heterocycles. The fraction of sp³-hybridized carbons (Fsp3) is 0.0952. The molecule has 0 spiro atoms. The van der Waals surface area contributed by atoms with E-state index in [4.69, 9.17) is 11.6 Å². The van der Waals surface area contributed by atoms with Crippen LogP contribution in [0.3, 0.4) is 0 Å². The highest BCUT2D eigenvalue weighted by Crippen LogP contribution is 2.24. The maximum Gasteiger partial charge on any atom is 0.244 e. The summed E-state index contributed by atoms with van der Waals surface area (Å²) in [5.41, 5.74) is 1.93. The molecule has 0 aliphatic heterocycles. The zero-order valence-corrected chi connectivity index (χ0v) is 14.1. The van der Waals surface area contributed by atoms with Gasteiger partial charge in [0, 0.05) is 11.1 Å². The summed E-state index contributed by atoms with van der Waals surface area (Å²) < 4.78 is 0. The van der Waals surface area contributed by atoms with Gasteiger partial charge >= 0.3 is 0 Å². The summed E-state index contributed by atoms with van der Waals surface area (Å²) >= 11 is 6.09. The molecular formula is C21H18ClNO. The van der Waals surface area contributed by atoms with Crippen LogP contribution < -0.4 is 5.32 Å². The predicted molar refractivity (Wildman–Crippen MR) is 101 cm³/mol. The molecule has 3 rings (SSSR count). The van der Waals surface area contributed by atoms with Crippen molar-refractivity contribution in [1.29, 1.82) is 0 Å². The van der Waals surface area contributed by atoms with Crippen molar-refractivity contribution in [3.05, 3.63) is 89.0 Å². The molecule has 24 heavy (non-hydrogen) atoms. The average molecular weight is 336 g/mol. The maximum absolute atomic E-state index is 12.2. The Balaban J connectivity index is 1.75. The van der Waals surface area contributed by atoms with Crippen molar-refractivity contribution >= 4 is 34.4 Å². The van der Waals surface area contributed by atoms with Gasteiger partial charge < -0.3 is 5.32 Å². The third kappa shape index (κ3) is 3.66. The predicted octanol–water partition coefficient (Wildman–Crippen LogP) is 5.38. The first-order chi connectivity index (χ1) is 11.6. The van der Waals surface area contributed by atoms with Gasteiger partial charge in [-0.3, -0.25) is 4.79 Å². The van der Waals surface area contributed by atoms with Gasteiger partial charge in [0.05, 0.1) is 6.04 Å². The van der Waals surface area contributed by atoms with Crippen LogP contribution in [-0.4, -0.2) is 5.91 Å². The van der Waals surface area contributed by atoms with Crippen LogP contribution in [-0.2, 0) is 4.79 Å². The van der Waals surface area contributed by atoms with E-state index in [0.717, 1.165) is 16.5 Å². The number of carbonyl (C=O) groups is 1. The van der Waals surface area contributed by atoms with Gasteiger partial charge in [0.2, 0.25) is 5.91 Å². The first-order valence-electron chi connectivity index (χ1n) is 7.86. The van der Waals surface area contributed by atoms with Gasteiger partial charge in [-0.2, -0.15) is 0 Å². The van der Waals surface area contributed by atoms with Crippen LogP contribution in [0.1, 0.15) is 24.1 Å².